The Labute approximate surface area is 87.7 Å². The number of rotatable bonds is 3. The van der Waals surface area contributed by atoms with Crippen LogP contribution in [0.2, 0.25) is 0 Å². The number of pyridine rings is 1. The summed E-state index contributed by atoms with van der Waals surface area (Å²) in [6.07, 6.45) is 0. The van der Waals surface area contributed by atoms with E-state index in [0.717, 1.165) is 18.8 Å². The van der Waals surface area contributed by atoms with Crippen LogP contribution < -0.4 is 5.32 Å². The first-order chi connectivity index (χ1) is 7.15. The fourth-order valence-electron chi connectivity index (χ4n) is 1.68. The number of hydrogen-bond donors (Lipinski definition) is 2. The highest BCUT2D eigenvalue weighted by Gasteiger charge is 2.16. The van der Waals surface area contributed by atoms with Gasteiger partial charge in [-0.05, 0) is 18.7 Å². The molecule has 0 unspecified atom stereocenters. The molecule has 1 aromatic heterocycles. The maximum atomic E-state index is 10.4. The smallest absolute Gasteiger partial charge is 0.322 e. The highest BCUT2D eigenvalue weighted by molar-refractivity contribution is 5.72. The van der Waals surface area contributed by atoms with Crippen LogP contribution in [0.4, 0.5) is 5.82 Å². The number of aromatic nitrogens is 1. The summed E-state index contributed by atoms with van der Waals surface area (Å²) >= 11 is 0. The number of carboxylic acids is 1. The number of nitrogens with zero attached hydrogens (tertiary/aromatic N) is 2. The zero-order chi connectivity index (χ0) is 10.8. The first-order valence-corrected chi connectivity index (χ1v) is 4.78. The summed E-state index contributed by atoms with van der Waals surface area (Å²) < 4.78 is 0. The Bertz CT molecular complexity index is 392. The van der Waals surface area contributed by atoms with Gasteiger partial charge in [0.25, 0.3) is 0 Å². The van der Waals surface area contributed by atoms with Crippen molar-refractivity contribution in [2.24, 2.45) is 0 Å². The van der Waals surface area contributed by atoms with Crippen LogP contribution in [0.3, 0.4) is 0 Å². The lowest BCUT2D eigenvalue weighted by Crippen LogP contribution is -2.13. The topological polar surface area (TPSA) is 65.5 Å². The van der Waals surface area contributed by atoms with E-state index in [1.54, 1.807) is 0 Å². The molecule has 0 saturated heterocycles. The number of carboxylic acid groups (broad SMARTS) is 1. The molecule has 0 atom stereocenters. The molecular weight excluding hydrogens is 194 g/mol. The Kier molecular flexibility index (Phi) is 2.55. The molecule has 1 aliphatic heterocycles. The van der Waals surface area contributed by atoms with Crippen LogP contribution in [-0.2, 0) is 17.9 Å². The SMILES string of the molecule is CN1Cc2ccc(NCC(=O)O)nc2C1. The summed E-state index contributed by atoms with van der Waals surface area (Å²) in [5.41, 5.74) is 2.26. The lowest BCUT2D eigenvalue weighted by Gasteiger charge is -2.04. The van der Waals surface area contributed by atoms with Crippen molar-refractivity contribution in [3.8, 4) is 0 Å². The molecule has 0 aliphatic carbocycles. The van der Waals surface area contributed by atoms with Gasteiger partial charge in [-0.25, -0.2) is 4.98 Å². The zero-order valence-corrected chi connectivity index (χ0v) is 8.53. The molecular formula is C10H13N3O2. The average Bonchev–Trinajstić information content (AvgIpc) is 2.53. The van der Waals surface area contributed by atoms with Gasteiger partial charge in [-0.1, -0.05) is 6.07 Å². The van der Waals surface area contributed by atoms with Gasteiger partial charge in [0, 0.05) is 13.1 Å². The van der Waals surface area contributed by atoms with Gasteiger partial charge in [-0.3, -0.25) is 9.69 Å². The van der Waals surface area contributed by atoms with Crippen LogP contribution in [0.5, 0.6) is 0 Å². The van der Waals surface area contributed by atoms with Gasteiger partial charge in [0.05, 0.1) is 5.69 Å². The number of carbonyl (C=O) groups is 1. The highest BCUT2D eigenvalue weighted by atomic mass is 16.4. The molecule has 2 heterocycles. The molecule has 1 aromatic rings. The zero-order valence-electron chi connectivity index (χ0n) is 8.53. The van der Waals surface area contributed by atoms with E-state index in [1.165, 1.54) is 5.56 Å². The van der Waals surface area contributed by atoms with E-state index in [4.69, 9.17) is 5.11 Å². The van der Waals surface area contributed by atoms with E-state index < -0.39 is 5.97 Å². The van der Waals surface area contributed by atoms with Crippen LogP contribution in [0, 0.1) is 0 Å². The maximum Gasteiger partial charge on any atom is 0.322 e. The van der Waals surface area contributed by atoms with Gasteiger partial charge in [-0.15, -0.1) is 0 Å². The Morgan fingerprint density at radius 3 is 3.13 bits per heavy atom. The van der Waals surface area contributed by atoms with Crippen molar-refractivity contribution < 1.29 is 9.90 Å². The van der Waals surface area contributed by atoms with E-state index in [0.29, 0.717) is 5.82 Å². The van der Waals surface area contributed by atoms with Crippen LogP contribution >= 0.6 is 0 Å². The van der Waals surface area contributed by atoms with E-state index in [9.17, 15) is 4.79 Å². The predicted octanol–water partition coefficient (Wildman–Crippen LogP) is 0.524. The summed E-state index contributed by atoms with van der Waals surface area (Å²) in [5, 5.41) is 11.3. The third-order valence-electron chi connectivity index (χ3n) is 2.35. The third kappa shape index (κ3) is 2.24. The summed E-state index contributed by atoms with van der Waals surface area (Å²) in [7, 11) is 2.03. The normalized spacial score (nSPS) is 15.0. The Hall–Kier alpha value is -1.62. The van der Waals surface area contributed by atoms with E-state index in [2.05, 4.69) is 15.2 Å². The van der Waals surface area contributed by atoms with Gasteiger partial charge in [0.1, 0.15) is 12.4 Å². The molecule has 0 bridgehead atoms. The van der Waals surface area contributed by atoms with Gasteiger partial charge in [0.2, 0.25) is 0 Å². The summed E-state index contributed by atoms with van der Waals surface area (Å²) in [6.45, 7) is 1.65. The second kappa shape index (κ2) is 3.86. The maximum absolute atomic E-state index is 10.4. The summed E-state index contributed by atoms with van der Waals surface area (Å²) in [5.74, 6) is -0.249. The third-order valence-corrected chi connectivity index (χ3v) is 2.35. The van der Waals surface area contributed by atoms with Crippen LogP contribution in [0.1, 0.15) is 11.3 Å². The minimum Gasteiger partial charge on any atom is -0.480 e. The number of fused-ring (bicyclic) bond motifs is 1. The monoisotopic (exact) mass is 207 g/mol. The van der Waals surface area contributed by atoms with Crippen LogP contribution in [0.15, 0.2) is 12.1 Å². The second-order valence-electron chi connectivity index (χ2n) is 3.72. The molecule has 0 spiro atoms. The van der Waals surface area contributed by atoms with Crippen LogP contribution in [0.25, 0.3) is 0 Å². The van der Waals surface area contributed by atoms with Crippen molar-refractivity contribution in [1.82, 2.24) is 9.88 Å². The Morgan fingerprint density at radius 1 is 1.60 bits per heavy atom. The molecule has 5 nitrogen and oxygen atoms in total. The fourth-order valence-corrected chi connectivity index (χ4v) is 1.68. The molecule has 15 heavy (non-hydrogen) atoms. The molecule has 2 N–H and O–H groups in total. The molecule has 0 fully saturated rings. The summed E-state index contributed by atoms with van der Waals surface area (Å²) in [6, 6.07) is 3.82. The number of nitrogens with one attached hydrogen (secondary N) is 1. The van der Waals surface area contributed by atoms with Crippen molar-refractivity contribution in [3.05, 3.63) is 23.4 Å². The Morgan fingerprint density at radius 2 is 2.40 bits per heavy atom. The van der Waals surface area contributed by atoms with Crippen molar-refractivity contribution >= 4 is 11.8 Å². The molecule has 0 saturated carbocycles. The first-order valence-electron chi connectivity index (χ1n) is 4.78. The molecule has 0 radical (unpaired) electrons. The predicted molar refractivity (Wildman–Crippen MR) is 55.5 cm³/mol. The second-order valence-corrected chi connectivity index (χ2v) is 3.72. The largest absolute Gasteiger partial charge is 0.480 e. The minimum absolute atomic E-state index is 0.0956. The van der Waals surface area contributed by atoms with Crippen molar-refractivity contribution in [2.45, 2.75) is 13.1 Å². The quantitative estimate of drug-likeness (QED) is 0.756. The fraction of sp³-hybridized carbons (Fsp3) is 0.400. The van der Waals surface area contributed by atoms with Crippen LogP contribution in [-0.4, -0.2) is 34.6 Å². The molecule has 0 aromatic carbocycles. The molecule has 2 rings (SSSR count). The molecule has 80 valence electrons. The van der Waals surface area contributed by atoms with Gasteiger partial charge in [0.15, 0.2) is 0 Å². The standard InChI is InChI=1S/C10H13N3O2/c1-13-5-7-2-3-9(11-4-10(14)15)12-8(7)6-13/h2-3H,4-6H2,1H3,(H,11,12)(H,14,15). The molecule has 1 aliphatic rings. The molecule has 0 amide bonds. The van der Waals surface area contributed by atoms with E-state index in [-0.39, 0.29) is 6.54 Å². The lowest BCUT2D eigenvalue weighted by atomic mass is 10.2. The number of anilines is 1. The van der Waals surface area contributed by atoms with Gasteiger partial charge in [-0.2, -0.15) is 0 Å². The summed E-state index contributed by atoms with van der Waals surface area (Å²) in [4.78, 5) is 16.9. The van der Waals surface area contributed by atoms with Crippen molar-refractivity contribution in [1.29, 1.82) is 0 Å². The Balaban J connectivity index is 2.09. The number of aliphatic carboxylic acids is 1. The van der Waals surface area contributed by atoms with Gasteiger partial charge < -0.3 is 10.4 Å². The average molecular weight is 207 g/mol. The minimum atomic E-state index is -0.880. The highest BCUT2D eigenvalue weighted by Crippen LogP contribution is 2.20. The van der Waals surface area contributed by atoms with E-state index in [1.807, 2.05) is 19.2 Å². The lowest BCUT2D eigenvalue weighted by molar-refractivity contribution is -0.134. The molecule has 5 heteroatoms. The number of hydrogen-bond acceptors (Lipinski definition) is 4. The van der Waals surface area contributed by atoms with Crippen molar-refractivity contribution in [3.63, 3.8) is 0 Å². The van der Waals surface area contributed by atoms with Crippen molar-refractivity contribution in [2.75, 3.05) is 18.9 Å². The van der Waals surface area contributed by atoms with Gasteiger partial charge >= 0.3 is 5.97 Å². The first kappa shape index (κ1) is 9.92. The van der Waals surface area contributed by atoms with E-state index >= 15 is 0 Å².